The summed E-state index contributed by atoms with van der Waals surface area (Å²) in [7, 11) is 0. The molecule has 0 amide bonds. The molecule has 0 saturated heterocycles. The third kappa shape index (κ3) is 3.82. The monoisotopic (exact) mass is 294 g/mol. The van der Waals surface area contributed by atoms with Gasteiger partial charge in [-0.3, -0.25) is 0 Å². The van der Waals surface area contributed by atoms with Crippen LogP contribution in [0.3, 0.4) is 0 Å². The highest BCUT2D eigenvalue weighted by Gasteiger charge is 2.37. The van der Waals surface area contributed by atoms with E-state index in [1.165, 1.54) is 57.8 Å². The van der Waals surface area contributed by atoms with Crippen molar-refractivity contribution in [2.45, 2.75) is 83.2 Å². The van der Waals surface area contributed by atoms with Crippen molar-refractivity contribution in [3.8, 4) is 0 Å². The van der Waals surface area contributed by atoms with Crippen LogP contribution in [0.1, 0.15) is 77.0 Å². The standard InChI is InChI=1S/C19H34O2/c20-13-14-6-11-19(21)18(12-14)17-9-7-16(8-10-17)15-4-2-1-3-5-15/h14-21H,1-13H2. The van der Waals surface area contributed by atoms with E-state index in [0.29, 0.717) is 18.4 Å². The van der Waals surface area contributed by atoms with Crippen molar-refractivity contribution in [2.75, 3.05) is 6.61 Å². The SMILES string of the molecule is OCC1CCC(O)C(C2CCC(C3CCCCC3)CC2)C1. The molecule has 3 fully saturated rings. The molecule has 3 rings (SSSR count). The zero-order valence-electron chi connectivity index (χ0n) is 13.6. The maximum absolute atomic E-state index is 10.4. The summed E-state index contributed by atoms with van der Waals surface area (Å²) in [4.78, 5) is 0. The van der Waals surface area contributed by atoms with E-state index in [1.54, 1.807) is 0 Å². The zero-order chi connectivity index (χ0) is 14.7. The highest BCUT2D eigenvalue weighted by molar-refractivity contribution is 4.88. The fourth-order valence-electron chi connectivity index (χ4n) is 5.60. The molecule has 2 nitrogen and oxygen atoms in total. The minimum absolute atomic E-state index is 0.0935. The number of aliphatic hydroxyl groups excluding tert-OH is 2. The molecular weight excluding hydrogens is 260 g/mol. The zero-order valence-corrected chi connectivity index (χ0v) is 13.6. The Labute approximate surface area is 130 Å². The lowest BCUT2D eigenvalue weighted by Crippen LogP contribution is -2.37. The Morgan fingerprint density at radius 1 is 0.667 bits per heavy atom. The van der Waals surface area contributed by atoms with Crippen molar-refractivity contribution >= 4 is 0 Å². The quantitative estimate of drug-likeness (QED) is 0.821. The van der Waals surface area contributed by atoms with Crippen molar-refractivity contribution in [2.24, 2.45) is 29.6 Å². The lowest BCUT2D eigenvalue weighted by Gasteiger charge is -2.42. The van der Waals surface area contributed by atoms with Crippen LogP contribution in [0.25, 0.3) is 0 Å². The molecule has 3 aliphatic rings. The summed E-state index contributed by atoms with van der Waals surface area (Å²) in [6.45, 7) is 0.320. The van der Waals surface area contributed by atoms with E-state index in [0.717, 1.165) is 37.0 Å². The molecule has 0 aromatic carbocycles. The Kier molecular flexibility index (Phi) is 5.61. The number of aliphatic hydroxyl groups is 2. The van der Waals surface area contributed by atoms with Gasteiger partial charge < -0.3 is 10.2 Å². The van der Waals surface area contributed by atoms with Crippen LogP contribution in [0.2, 0.25) is 0 Å². The van der Waals surface area contributed by atoms with E-state index in [1.807, 2.05) is 0 Å². The van der Waals surface area contributed by atoms with Crippen LogP contribution in [0.15, 0.2) is 0 Å². The molecule has 2 N–H and O–H groups in total. The molecule has 21 heavy (non-hydrogen) atoms. The van der Waals surface area contributed by atoms with Gasteiger partial charge in [-0.05, 0) is 74.5 Å². The number of hydrogen-bond donors (Lipinski definition) is 2. The highest BCUT2D eigenvalue weighted by Crippen LogP contribution is 2.45. The molecule has 0 heterocycles. The first kappa shape index (κ1) is 15.8. The largest absolute Gasteiger partial charge is 0.396 e. The summed E-state index contributed by atoms with van der Waals surface area (Å²) in [5.41, 5.74) is 0. The van der Waals surface area contributed by atoms with Crippen molar-refractivity contribution in [1.82, 2.24) is 0 Å². The molecule has 3 saturated carbocycles. The van der Waals surface area contributed by atoms with Gasteiger partial charge in [0.2, 0.25) is 0 Å². The van der Waals surface area contributed by atoms with E-state index >= 15 is 0 Å². The van der Waals surface area contributed by atoms with E-state index in [-0.39, 0.29) is 6.10 Å². The van der Waals surface area contributed by atoms with Crippen molar-refractivity contribution in [3.05, 3.63) is 0 Å². The third-order valence-corrected chi connectivity index (χ3v) is 6.97. The smallest absolute Gasteiger partial charge is 0.0571 e. The molecule has 0 aromatic rings. The molecule has 0 aliphatic heterocycles. The van der Waals surface area contributed by atoms with E-state index in [2.05, 4.69) is 0 Å². The van der Waals surface area contributed by atoms with Gasteiger partial charge in [-0.25, -0.2) is 0 Å². The fraction of sp³-hybridized carbons (Fsp3) is 1.00. The second-order valence-corrected chi connectivity index (χ2v) is 8.17. The molecule has 3 unspecified atom stereocenters. The predicted molar refractivity (Wildman–Crippen MR) is 85.9 cm³/mol. The van der Waals surface area contributed by atoms with Crippen LogP contribution in [0.5, 0.6) is 0 Å². The normalized spacial score (nSPS) is 42.9. The van der Waals surface area contributed by atoms with Crippen molar-refractivity contribution < 1.29 is 10.2 Å². The Balaban J connectivity index is 1.50. The topological polar surface area (TPSA) is 40.5 Å². The predicted octanol–water partition coefficient (Wildman–Crippen LogP) is 4.14. The van der Waals surface area contributed by atoms with Crippen LogP contribution in [-0.2, 0) is 0 Å². The molecule has 3 aliphatic carbocycles. The summed E-state index contributed by atoms with van der Waals surface area (Å²) in [6.07, 6.45) is 15.7. The van der Waals surface area contributed by atoms with E-state index in [9.17, 15) is 10.2 Å². The van der Waals surface area contributed by atoms with Crippen LogP contribution in [-0.4, -0.2) is 22.9 Å². The molecule has 0 spiro atoms. The van der Waals surface area contributed by atoms with Crippen LogP contribution < -0.4 is 0 Å². The minimum atomic E-state index is -0.0935. The lowest BCUT2D eigenvalue weighted by atomic mass is 9.65. The van der Waals surface area contributed by atoms with E-state index < -0.39 is 0 Å². The van der Waals surface area contributed by atoms with Crippen LogP contribution >= 0.6 is 0 Å². The Hall–Kier alpha value is -0.0800. The first-order valence-electron chi connectivity index (χ1n) is 9.57. The molecular formula is C19H34O2. The number of rotatable bonds is 3. The number of hydrogen-bond acceptors (Lipinski definition) is 2. The molecule has 122 valence electrons. The average molecular weight is 294 g/mol. The van der Waals surface area contributed by atoms with Gasteiger partial charge in [0.05, 0.1) is 6.10 Å². The second-order valence-electron chi connectivity index (χ2n) is 8.17. The summed E-state index contributed by atoms with van der Waals surface area (Å²) in [6, 6.07) is 0. The maximum Gasteiger partial charge on any atom is 0.0571 e. The molecule has 0 bridgehead atoms. The summed E-state index contributed by atoms with van der Waals surface area (Å²) < 4.78 is 0. The van der Waals surface area contributed by atoms with E-state index in [4.69, 9.17) is 0 Å². The molecule has 0 aromatic heterocycles. The summed E-state index contributed by atoms with van der Waals surface area (Å²) >= 11 is 0. The first-order valence-corrected chi connectivity index (χ1v) is 9.57. The molecule has 0 radical (unpaired) electrons. The second kappa shape index (κ2) is 7.46. The van der Waals surface area contributed by atoms with Crippen LogP contribution in [0, 0.1) is 29.6 Å². The van der Waals surface area contributed by atoms with Gasteiger partial charge in [0.25, 0.3) is 0 Å². The van der Waals surface area contributed by atoms with Crippen molar-refractivity contribution in [1.29, 1.82) is 0 Å². The van der Waals surface area contributed by atoms with Gasteiger partial charge in [0.1, 0.15) is 0 Å². The fourth-order valence-corrected chi connectivity index (χ4v) is 5.60. The van der Waals surface area contributed by atoms with Gasteiger partial charge in [0.15, 0.2) is 0 Å². The molecule has 2 heteroatoms. The molecule has 3 atom stereocenters. The summed E-state index contributed by atoms with van der Waals surface area (Å²) in [5.74, 6) is 3.66. The van der Waals surface area contributed by atoms with Gasteiger partial charge >= 0.3 is 0 Å². The van der Waals surface area contributed by atoms with Gasteiger partial charge in [0, 0.05) is 6.61 Å². The minimum Gasteiger partial charge on any atom is -0.396 e. The van der Waals surface area contributed by atoms with Gasteiger partial charge in [-0.1, -0.05) is 32.1 Å². The van der Waals surface area contributed by atoms with Gasteiger partial charge in [-0.15, -0.1) is 0 Å². The Morgan fingerprint density at radius 3 is 1.95 bits per heavy atom. The maximum atomic E-state index is 10.4. The van der Waals surface area contributed by atoms with Crippen LogP contribution in [0.4, 0.5) is 0 Å². The Bertz CT molecular complexity index is 303. The highest BCUT2D eigenvalue weighted by atomic mass is 16.3. The third-order valence-electron chi connectivity index (χ3n) is 6.97. The average Bonchev–Trinajstić information content (AvgIpc) is 2.56. The van der Waals surface area contributed by atoms with Gasteiger partial charge in [-0.2, -0.15) is 0 Å². The van der Waals surface area contributed by atoms with Crippen molar-refractivity contribution in [3.63, 3.8) is 0 Å². The summed E-state index contributed by atoms with van der Waals surface area (Å²) in [5, 5.41) is 19.8. The Morgan fingerprint density at radius 2 is 1.29 bits per heavy atom. The first-order chi connectivity index (χ1) is 10.3. The lowest BCUT2D eigenvalue weighted by molar-refractivity contribution is -0.0110.